The summed E-state index contributed by atoms with van der Waals surface area (Å²) in [5.41, 5.74) is 9.20. The van der Waals surface area contributed by atoms with Crippen molar-refractivity contribution in [3.63, 3.8) is 0 Å². The zero-order valence-electron chi connectivity index (χ0n) is 27.1. The molecule has 0 bridgehead atoms. The summed E-state index contributed by atoms with van der Waals surface area (Å²) in [7, 11) is 0. The molecule has 11 rings (SSSR count). The van der Waals surface area contributed by atoms with Crippen molar-refractivity contribution in [3.8, 4) is 22.5 Å². The molecule has 0 unspecified atom stereocenters. The van der Waals surface area contributed by atoms with Crippen molar-refractivity contribution >= 4 is 76.1 Å². The molecule has 3 heteroatoms. The predicted octanol–water partition coefficient (Wildman–Crippen LogP) is 12.4. The molecule has 0 aliphatic carbocycles. The van der Waals surface area contributed by atoms with Gasteiger partial charge in [0, 0.05) is 39.1 Å². The Balaban J connectivity index is 1.12. The molecule has 0 aliphatic rings. The summed E-state index contributed by atoms with van der Waals surface area (Å²) < 4.78 is 4.70. The molecule has 0 N–H and O–H groups in total. The van der Waals surface area contributed by atoms with E-state index in [9.17, 15) is 0 Å². The fourth-order valence-electron chi connectivity index (χ4n) is 8.33. The monoisotopic (exact) mass is 635 g/mol. The summed E-state index contributed by atoms with van der Waals surface area (Å²) in [6, 6.07) is 61.8. The smallest absolute Gasteiger partial charge is 0.145 e. The quantitative estimate of drug-likeness (QED) is 0.177. The maximum atomic E-state index is 4.81. The Bertz CT molecular complexity index is 3110. The second-order valence-corrected chi connectivity index (χ2v) is 13.2. The molecule has 0 atom stereocenters. The molecule has 3 nitrogen and oxygen atoms in total. The summed E-state index contributed by atoms with van der Waals surface area (Å²) in [6.45, 7) is 0. The number of para-hydroxylation sites is 2. The lowest BCUT2D eigenvalue weighted by atomic mass is 9.94. The van der Waals surface area contributed by atoms with Crippen molar-refractivity contribution in [2.24, 2.45) is 0 Å². The van der Waals surface area contributed by atoms with Crippen molar-refractivity contribution in [1.29, 1.82) is 0 Å². The van der Waals surface area contributed by atoms with E-state index in [4.69, 9.17) is 4.98 Å². The first-order chi connectivity index (χ1) is 24.8. The van der Waals surface area contributed by atoms with Crippen LogP contribution in [0.1, 0.15) is 0 Å². The van der Waals surface area contributed by atoms with Crippen LogP contribution in [0.15, 0.2) is 176 Å². The van der Waals surface area contributed by atoms with Crippen molar-refractivity contribution in [1.82, 2.24) is 14.1 Å². The molecular weight excluding hydrogens is 607 g/mol. The lowest BCUT2D eigenvalue weighted by Crippen LogP contribution is -1.95. The van der Waals surface area contributed by atoms with Crippen LogP contribution in [0.4, 0.5) is 0 Å². The van der Waals surface area contributed by atoms with Crippen LogP contribution < -0.4 is 0 Å². The van der Waals surface area contributed by atoms with Crippen molar-refractivity contribution in [2.45, 2.75) is 0 Å². The van der Waals surface area contributed by atoms with Crippen LogP contribution in [0.3, 0.4) is 0 Å². The van der Waals surface area contributed by atoms with Gasteiger partial charge in [0.05, 0.1) is 16.6 Å². The van der Waals surface area contributed by atoms with E-state index in [-0.39, 0.29) is 0 Å². The average Bonchev–Trinajstić information content (AvgIpc) is 3.70. The van der Waals surface area contributed by atoms with Crippen LogP contribution in [0, 0.1) is 0 Å². The molecule has 3 aromatic heterocycles. The van der Waals surface area contributed by atoms with Gasteiger partial charge in [0.1, 0.15) is 5.65 Å². The van der Waals surface area contributed by atoms with Gasteiger partial charge in [-0.05, 0) is 110 Å². The highest BCUT2D eigenvalue weighted by molar-refractivity contribution is 6.25. The van der Waals surface area contributed by atoms with Gasteiger partial charge in [0.25, 0.3) is 0 Å². The molecule has 3 heterocycles. The molecule has 50 heavy (non-hydrogen) atoms. The second-order valence-electron chi connectivity index (χ2n) is 13.2. The van der Waals surface area contributed by atoms with Gasteiger partial charge in [-0.15, -0.1) is 0 Å². The molecule has 0 amide bonds. The number of pyridine rings is 1. The van der Waals surface area contributed by atoms with Crippen LogP contribution >= 0.6 is 0 Å². The van der Waals surface area contributed by atoms with Crippen LogP contribution in [0.25, 0.3) is 98.6 Å². The Morgan fingerprint density at radius 3 is 1.52 bits per heavy atom. The number of hydrogen-bond donors (Lipinski definition) is 0. The zero-order chi connectivity index (χ0) is 32.8. The van der Waals surface area contributed by atoms with Crippen LogP contribution in [-0.2, 0) is 0 Å². The molecule has 0 spiro atoms. The van der Waals surface area contributed by atoms with Crippen LogP contribution in [0.2, 0.25) is 0 Å². The Kier molecular flexibility index (Phi) is 5.67. The van der Waals surface area contributed by atoms with Gasteiger partial charge in [-0.1, -0.05) is 103 Å². The molecule has 0 aliphatic heterocycles. The van der Waals surface area contributed by atoms with Crippen LogP contribution in [-0.4, -0.2) is 14.1 Å². The number of benzene rings is 8. The van der Waals surface area contributed by atoms with Crippen molar-refractivity contribution in [2.75, 3.05) is 0 Å². The Morgan fingerprint density at radius 2 is 0.820 bits per heavy atom. The minimum absolute atomic E-state index is 0.973. The van der Waals surface area contributed by atoms with Gasteiger partial charge < -0.3 is 4.57 Å². The summed E-state index contributed by atoms with van der Waals surface area (Å²) in [5, 5.41) is 12.6. The molecule has 8 aromatic carbocycles. The van der Waals surface area contributed by atoms with Crippen molar-refractivity contribution in [3.05, 3.63) is 176 Å². The predicted molar refractivity (Wildman–Crippen MR) is 211 cm³/mol. The number of fused-ring (bicyclic) bond motifs is 12. The van der Waals surface area contributed by atoms with Gasteiger partial charge in [-0.25, -0.2) is 4.98 Å². The molecule has 0 saturated carbocycles. The first kappa shape index (κ1) is 27.3. The first-order valence-electron chi connectivity index (χ1n) is 17.1. The molecule has 232 valence electrons. The Morgan fingerprint density at radius 1 is 0.300 bits per heavy atom. The van der Waals surface area contributed by atoms with E-state index < -0.39 is 0 Å². The number of hydrogen-bond acceptors (Lipinski definition) is 1. The van der Waals surface area contributed by atoms with Gasteiger partial charge in [-0.2, -0.15) is 0 Å². The van der Waals surface area contributed by atoms with E-state index in [0.717, 1.165) is 22.2 Å². The SMILES string of the molecule is c1ccc(-n2c3ccc(-c4ccc5c(c4)c4ccccc4n5-c4ccc5c6ccccc6c6ccccc6c5c4)cc3c3cccnc32)cc1. The number of rotatable bonds is 3. The zero-order valence-corrected chi connectivity index (χ0v) is 27.1. The lowest BCUT2D eigenvalue weighted by Gasteiger charge is -2.14. The van der Waals surface area contributed by atoms with E-state index in [1.54, 1.807) is 0 Å². The van der Waals surface area contributed by atoms with Gasteiger partial charge in [0.2, 0.25) is 0 Å². The molecule has 0 radical (unpaired) electrons. The highest BCUT2D eigenvalue weighted by Gasteiger charge is 2.17. The topological polar surface area (TPSA) is 22.8 Å². The second kappa shape index (κ2) is 10.4. The third kappa shape index (κ3) is 3.83. The van der Waals surface area contributed by atoms with Gasteiger partial charge in [-0.3, -0.25) is 4.57 Å². The Labute approximate surface area is 287 Å². The third-order valence-corrected chi connectivity index (χ3v) is 10.5. The summed E-state index contributed by atoms with van der Waals surface area (Å²) in [5.74, 6) is 0. The van der Waals surface area contributed by atoms with E-state index in [1.165, 1.54) is 76.3 Å². The summed E-state index contributed by atoms with van der Waals surface area (Å²) in [6.07, 6.45) is 1.88. The highest BCUT2D eigenvalue weighted by Crippen LogP contribution is 2.40. The molecule has 0 fully saturated rings. The van der Waals surface area contributed by atoms with Crippen LogP contribution in [0.5, 0.6) is 0 Å². The third-order valence-electron chi connectivity index (χ3n) is 10.5. The fraction of sp³-hybridized carbons (Fsp3) is 0. The largest absolute Gasteiger partial charge is 0.309 e. The fourth-order valence-corrected chi connectivity index (χ4v) is 8.33. The summed E-state index contributed by atoms with van der Waals surface area (Å²) >= 11 is 0. The van der Waals surface area contributed by atoms with E-state index in [0.29, 0.717) is 0 Å². The lowest BCUT2D eigenvalue weighted by molar-refractivity contribution is 1.14. The van der Waals surface area contributed by atoms with E-state index >= 15 is 0 Å². The van der Waals surface area contributed by atoms with Gasteiger partial charge >= 0.3 is 0 Å². The Hall–Kier alpha value is -6.71. The minimum atomic E-state index is 0.973. The first-order valence-corrected chi connectivity index (χ1v) is 17.1. The van der Waals surface area contributed by atoms with Crippen molar-refractivity contribution < 1.29 is 0 Å². The maximum Gasteiger partial charge on any atom is 0.145 e. The summed E-state index contributed by atoms with van der Waals surface area (Å²) in [4.78, 5) is 4.81. The molecular formula is C47H29N3. The van der Waals surface area contributed by atoms with E-state index in [2.05, 4.69) is 173 Å². The number of aromatic nitrogens is 3. The highest BCUT2D eigenvalue weighted by atomic mass is 15.0. The molecule has 0 saturated heterocycles. The number of nitrogens with zero attached hydrogens (tertiary/aromatic N) is 3. The average molecular weight is 636 g/mol. The minimum Gasteiger partial charge on any atom is -0.309 e. The maximum absolute atomic E-state index is 4.81. The van der Waals surface area contributed by atoms with Gasteiger partial charge in [0.15, 0.2) is 0 Å². The van der Waals surface area contributed by atoms with E-state index in [1.807, 2.05) is 12.3 Å². The molecule has 11 aromatic rings. The standard InChI is InChI=1S/C47H29N3/c1-2-11-32(12-3-1)50-46-25-21-31(28-43(46)40-18-10-26-48-47(40)50)30-20-24-45-42(27-30)39-17-8-9-19-44(39)49(45)33-22-23-38-36-15-5-4-13-34(36)35-14-6-7-16-37(35)41(38)29-33/h1-29H. The normalized spacial score (nSPS) is 12.0.